The second-order valence-electron chi connectivity index (χ2n) is 7.60. The first kappa shape index (κ1) is 20.6. The van der Waals surface area contributed by atoms with Gasteiger partial charge in [-0.1, -0.05) is 18.2 Å². The minimum atomic E-state index is -0.480. The highest BCUT2D eigenvalue weighted by molar-refractivity contribution is 6.07. The lowest BCUT2D eigenvalue weighted by Crippen LogP contribution is -2.38. The molecule has 3 amide bonds. The minimum Gasteiger partial charge on any atom is -0.354 e. The lowest BCUT2D eigenvalue weighted by atomic mass is 10.1. The highest BCUT2D eigenvalue weighted by Gasteiger charge is 2.34. The smallest absolute Gasteiger partial charge is 0.253 e. The van der Waals surface area contributed by atoms with Crippen molar-refractivity contribution in [1.29, 1.82) is 0 Å². The van der Waals surface area contributed by atoms with Crippen LogP contribution in [-0.2, 0) is 16.6 Å². The minimum absolute atomic E-state index is 0.103. The third kappa shape index (κ3) is 4.28. The Kier molecular flexibility index (Phi) is 5.70. The molecule has 0 aliphatic carbocycles. The number of hydrogen-bond acceptors (Lipinski definition) is 3. The van der Waals surface area contributed by atoms with Gasteiger partial charge in [-0.15, -0.1) is 0 Å². The first-order valence-corrected chi connectivity index (χ1v) is 10.1. The second kappa shape index (κ2) is 8.59. The molecule has 7 nitrogen and oxygen atoms in total. The molecule has 0 bridgehead atoms. The first-order chi connectivity index (χ1) is 14.9. The van der Waals surface area contributed by atoms with Gasteiger partial charge in [0, 0.05) is 55.9 Å². The van der Waals surface area contributed by atoms with Crippen LogP contribution in [0.15, 0.2) is 54.7 Å². The molecule has 1 fully saturated rings. The standard InChI is InChI=1S/C23H23FN4O3/c1-27-14-19(18-4-2-3-5-20(18)27)23(31)26-11-10-25-22(30)15-12-21(29)28(13-15)17-8-6-16(24)7-9-17/h2-9,14-15H,10-13H2,1H3,(H,25,30)(H,26,31). The molecule has 0 saturated carbocycles. The monoisotopic (exact) mass is 422 g/mol. The lowest BCUT2D eigenvalue weighted by Gasteiger charge is -2.16. The molecule has 3 aromatic rings. The predicted molar refractivity (Wildman–Crippen MR) is 115 cm³/mol. The molecule has 0 spiro atoms. The Balaban J connectivity index is 1.27. The largest absolute Gasteiger partial charge is 0.354 e. The Morgan fingerprint density at radius 1 is 1.06 bits per heavy atom. The van der Waals surface area contributed by atoms with Gasteiger partial charge in [0.2, 0.25) is 11.8 Å². The fraction of sp³-hybridized carbons (Fsp3) is 0.261. The van der Waals surface area contributed by atoms with Gasteiger partial charge in [0.25, 0.3) is 5.91 Å². The Bertz CT molecular complexity index is 1140. The van der Waals surface area contributed by atoms with E-state index >= 15 is 0 Å². The van der Waals surface area contributed by atoms with Crippen molar-refractivity contribution in [1.82, 2.24) is 15.2 Å². The van der Waals surface area contributed by atoms with Gasteiger partial charge in [0.15, 0.2) is 0 Å². The molecule has 8 heteroatoms. The Hall–Kier alpha value is -3.68. The predicted octanol–water partition coefficient (Wildman–Crippen LogP) is 2.22. The number of benzene rings is 2. The topological polar surface area (TPSA) is 83.4 Å². The number of carbonyl (C=O) groups excluding carboxylic acids is 3. The number of aryl methyl sites for hydroxylation is 1. The van der Waals surface area contributed by atoms with Crippen LogP contribution in [0.1, 0.15) is 16.8 Å². The van der Waals surface area contributed by atoms with Crippen molar-refractivity contribution in [3.8, 4) is 0 Å². The summed E-state index contributed by atoms with van der Waals surface area (Å²) in [6, 6.07) is 13.3. The number of para-hydroxylation sites is 1. The maximum absolute atomic E-state index is 13.1. The number of carbonyl (C=O) groups is 3. The van der Waals surface area contributed by atoms with Crippen LogP contribution in [0.25, 0.3) is 10.9 Å². The van der Waals surface area contributed by atoms with Crippen LogP contribution in [0.3, 0.4) is 0 Å². The van der Waals surface area contributed by atoms with Crippen molar-refractivity contribution >= 4 is 34.3 Å². The normalized spacial score (nSPS) is 16.0. The Labute approximate surface area is 178 Å². The van der Waals surface area contributed by atoms with Crippen molar-refractivity contribution in [3.63, 3.8) is 0 Å². The van der Waals surface area contributed by atoms with Crippen LogP contribution in [0, 0.1) is 11.7 Å². The van der Waals surface area contributed by atoms with Crippen molar-refractivity contribution in [2.75, 3.05) is 24.5 Å². The number of hydrogen-bond donors (Lipinski definition) is 2. The quantitative estimate of drug-likeness (QED) is 0.598. The van der Waals surface area contributed by atoms with E-state index in [0.717, 1.165) is 10.9 Å². The van der Waals surface area contributed by atoms with E-state index in [9.17, 15) is 18.8 Å². The molecule has 1 aliphatic rings. The van der Waals surface area contributed by atoms with Crippen LogP contribution < -0.4 is 15.5 Å². The van der Waals surface area contributed by atoms with Crippen molar-refractivity contribution < 1.29 is 18.8 Å². The number of rotatable bonds is 6. The Morgan fingerprint density at radius 3 is 2.55 bits per heavy atom. The summed E-state index contributed by atoms with van der Waals surface area (Å²) < 4.78 is 15.0. The van der Waals surface area contributed by atoms with Gasteiger partial charge in [-0.05, 0) is 30.3 Å². The lowest BCUT2D eigenvalue weighted by molar-refractivity contribution is -0.126. The van der Waals surface area contributed by atoms with Crippen molar-refractivity contribution in [3.05, 3.63) is 66.1 Å². The first-order valence-electron chi connectivity index (χ1n) is 10.1. The van der Waals surface area contributed by atoms with E-state index in [-0.39, 0.29) is 49.6 Å². The zero-order valence-corrected chi connectivity index (χ0v) is 17.1. The molecule has 2 N–H and O–H groups in total. The molecule has 31 heavy (non-hydrogen) atoms. The summed E-state index contributed by atoms with van der Waals surface area (Å²) in [7, 11) is 1.89. The van der Waals surface area contributed by atoms with Crippen LogP contribution in [-0.4, -0.2) is 41.9 Å². The molecule has 2 heterocycles. The summed E-state index contributed by atoms with van der Waals surface area (Å²) in [6.07, 6.45) is 1.89. The number of halogens is 1. The van der Waals surface area contributed by atoms with E-state index in [4.69, 9.17) is 0 Å². The van der Waals surface area contributed by atoms with Crippen molar-refractivity contribution in [2.24, 2.45) is 13.0 Å². The number of aromatic nitrogens is 1. The van der Waals surface area contributed by atoms with Crippen LogP contribution in [0.5, 0.6) is 0 Å². The third-order valence-electron chi connectivity index (χ3n) is 5.49. The second-order valence-corrected chi connectivity index (χ2v) is 7.60. The number of nitrogens with one attached hydrogen (secondary N) is 2. The molecular weight excluding hydrogens is 399 g/mol. The average Bonchev–Trinajstić information content (AvgIpc) is 3.32. The number of amides is 3. The molecule has 1 aromatic heterocycles. The fourth-order valence-corrected chi connectivity index (χ4v) is 3.88. The van der Waals surface area contributed by atoms with Gasteiger partial charge in [0.1, 0.15) is 5.82 Å². The highest BCUT2D eigenvalue weighted by Crippen LogP contribution is 2.25. The summed E-state index contributed by atoms with van der Waals surface area (Å²) in [4.78, 5) is 38.7. The highest BCUT2D eigenvalue weighted by atomic mass is 19.1. The van der Waals surface area contributed by atoms with Gasteiger partial charge < -0.3 is 20.1 Å². The van der Waals surface area contributed by atoms with E-state index < -0.39 is 5.92 Å². The molecule has 1 saturated heterocycles. The molecule has 160 valence electrons. The number of anilines is 1. The zero-order valence-electron chi connectivity index (χ0n) is 17.1. The summed E-state index contributed by atoms with van der Waals surface area (Å²) in [5.41, 5.74) is 2.13. The molecule has 2 aromatic carbocycles. The van der Waals surface area contributed by atoms with E-state index in [1.54, 1.807) is 6.20 Å². The molecule has 1 atom stereocenters. The molecule has 4 rings (SSSR count). The molecule has 0 radical (unpaired) electrons. The van der Waals surface area contributed by atoms with E-state index in [1.807, 2.05) is 35.9 Å². The number of fused-ring (bicyclic) bond motifs is 1. The average molecular weight is 422 g/mol. The van der Waals surface area contributed by atoms with Crippen LogP contribution >= 0.6 is 0 Å². The zero-order chi connectivity index (χ0) is 22.0. The maximum Gasteiger partial charge on any atom is 0.253 e. The summed E-state index contributed by atoms with van der Waals surface area (Å²) in [5, 5.41) is 6.47. The van der Waals surface area contributed by atoms with Gasteiger partial charge in [-0.25, -0.2) is 4.39 Å². The van der Waals surface area contributed by atoms with Gasteiger partial charge in [0.05, 0.1) is 11.5 Å². The van der Waals surface area contributed by atoms with E-state index in [1.165, 1.54) is 29.2 Å². The van der Waals surface area contributed by atoms with Gasteiger partial charge >= 0.3 is 0 Å². The molecule has 1 unspecified atom stereocenters. The summed E-state index contributed by atoms with van der Waals surface area (Å²) in [6.45, 7) is 0.783. The maximum atomic E-state index is 13.1. The van der Waals surface area contributed by atoms with Gasteiger partial charge in [-0.2, -0.15) is 0 Å². The molecule has 1 aliphatic heterocycles. The SMILES string of the molecule is Cn1cc(C(=O)NCCNC(=O)C2CC(=O)N(c3ccc(F)cc3)C2)c2ccccc21. The fourth-order valence-electron chi connectivity index (χ4n) is 3.88. The number of nitrogens with zero attached hydrogens (tertiary/aromatic N) is 2. The summed E-state index contributed by atoms with van der Waals surface area (Å²) >= 11 is 0. The molecular formula is C23H23FN4O3. The van der Waals surface area contributed by atoms with E-state index in [2.05, 4.69) is 10.6 Å². The summed E-state index contributed by atoms with van der Waals surface area (Å²) in [5.74, 6) is -1.47. The Morgan fingerprint density at radius 2 is 1.77 bits per heavy atom. The third-order valence-corrected chi connectivity index (χ3v) is 5.49. The van der Waals surface area contributed by atoms with E-state index in [0.29, 0.717) is 11.3 Å². The van der Waals surface area contributed by atoms with Crippen molar-refractivity contribution in [2.45, 2.75) is 6.42 Å². The van der Waals surface area contributed by atoms with Crippen LogP contribution in [0.2, 0.25) is 0 Å². The van der Waals surface area contributed by atoms with Gasteiger partial charge in [-0.3, -0.25) is 14.4 Å². The van der Waals surface area contributed by atoms with Crippen LogP contribution in [0.4, 0.5) is 10.1 Å².